The molecule has 1 heterocycles. The van der Waals surface area contributed by atoms with E-state index in [1.165, 1.54) is 11.3 Å². The molecule has 0 bridgehead atoms. The van der Waals surface area contributed by atoms with Gasteiger partial charge in [-0.15, -0.1) is 11.3 Å². The second kappa shape index (κ2) is 9.00. The summed E-state index contributed by atoms with van der Waals surface area (Å²) in [6, 6.07) is 17.7. The molecule has 3 rings (SSSR count). The molecule has 0 aliphatic carbocycles. The first-order chi connectivity index (χ1) is 13.2. The lowest BCUT2D eigenvalue weighted by molar-refractivity contribution is 0.102. The lowest BCUT2D eigenvalue weighted by Gasteiger charge is -2.09. The lowest BCUT2D eigenvalue weighted by Crippen LogP contribution is -2.13. The van der Waals surface area contributed by atoms with Gasteiger partial charge in [0.2, 0.25) is 0 Å². The Morgan fingerprint density at radius 1 is 0.926 bits per heavy atom. The van der Waals surface area contributed by atoms with Gasteiger partial charge in [0.05, 0.1) is 11.5 Å². The van der Waals surface area contributed by atoms with Crippen LogP contribution in [-0.4, -0.2) is 18.4 Å². The zero-order valence-corrected chi connectivity index (χ0v) is 15.7. The van der Waals surface area contributed by atoms with Crippen LogP contribution in [0.15, 0.2) is 66.0 Å². The molecule has 2 amide bonds. The Morgan fingerprint density at radius 2 is 1.63 bits per heavy atom. The van der Waals surface area contributed by atoms with Crippen molar-refractivity contribution in [1.29, 1.82) is 0 Å². The highest BCUT2D eigenvalue weighted by Crippen LogP contribution is 2.19. The van der Waals surface area contributed by atoms with E-state index in [1.54, 1.807) is 54.6 Å². The van der Waals surface area contributed by atoms with Crippen molar-refractivity contribution >= 4 is 34.5 Å². The van der Waals surface area contributed by atoms with Gasteiger partial charge in [-0.05, 0) is 60.3 Å². The van der Waals surface area contributed by atoms with Gasteiger partial charge >= 0.3 is 0 Å². The maximum Gasteiger partial charge on any atom is 0.265 e. The molecule has 0 fully saturated rings. The van der Waals surface area contributed by atoms with Crippen molar-refractivity contribution in [3.05, 3.63) is 76.5 Å². The van der Waals surface area contributed by atoms with Crippen molar-refractivity contribution in [2.24, 2.45) is 0 Å². The number of anilines is 2. The van der Waals surface area contributed by atoms with Gasteiger partial charge < -0.3 is 15.4 Å². The molecule has 6 heteroatoms. The van der Waals surface area contributed by atoms with Crippen LogP contribution in [0.2, 0.25) is 0 Å². The van der Waals surface area contributed by atoms with Crippen LogP contribution in [0.4, 0.5) is 11.4 Å². The van der Waals surface area contributed by atoms with Crippen LogP contribution >= 0.6 is 11.3 Å². The minimum absolute atomic E-state index is 0.170. The third-order valence-corrected chi connectivity index (χ3v) is 4.58. The monoisotopic (exact) mass is 380 g/mol. The second-order valence-corrected chi connectivity index (χ2v) is 6.79. The summed E-state index contributed by atoms with van der Waals surface area (Å²) in [4.78, 5) is 25.2. The number of ether oxygens (including phenoxy) is 1. The van der Waals surface area contributed by atoms with Crippen LogP contribution in [0, 0.1) is 0 Å². The number of amides is 2. The molecule has 0 spiro atoms. The summed E-state index contributed by atoms with van der Waals surface area (Å²) in [7, 11) is 0. The van der Waals surface area contributed by atoms with Gasteiger partial charge in [-0.25, -0.2) is 0 Å². The first kappa shape index (κ1) is 18.7. The maximum atomic E-state index is 12.4. The quantitative estimate of drug-likeness (QED) is 0.603. The number of thiophene rings is 1. The zero-order valence-electron chi connectivity index (χ0n) is 14.9. The van der Waals surface area contributed by atoms with E-state index in [-0.39, 0.29) is 11.8 Å². The van der Waals surface area contributed by atoms with Gasteiger partial charge in [0.1, 0.15) is 5.75 Å². The largest absolute Gasteiger partial charge is 0.494 e. The molecule has 2 N–H and O–H groups in total. The fourth-order valence-corrected chi connectivity index (χ4v) is 3.02. The number of nitrogens with one attached hydrogen (secondary N) is 2. The minimum Gasteiger partial charge on any atom is -0.494 e. The van der Waals surface area contributed by atoms with E-state index >= 15 is 0 Å². The Bertz CT molecular complexity index is 905. The Morgan fingerprint density at radius 3 is 2.26 bits per heavy atom. The highest BCUT2D eigenvalue weighted by Gasteiger charge is 2.09. The fourth-order valence-electron chi connectivity index (χ4n) is 2.40. The summed E-state index contributed by atoms with van der Waals surface area (Å²) < 4.78 is 5.52. The predicted octanol–water partition coefficient (Wildman–Crippen LogP) is 5.04. The van der Waals surface area contributed by atoms with Crippen molar-refractivity contribution in [3.63, 3.8) is 0 Å². The molecule has 0 saturated carbocycles. The summed E-state index contributed by atoms with van der Waals surface area (Å²) in [5.41, 5.74) is 1.76. The number of benzene rings is 2. The van der Waals surface area contributed by atoms with Crippen LogP contribution in [0.3, 0.4) is 0 Å². The van der Waals surface area contributed by atoms with E-state index in [0.29, 0.717) is 28.4 Å². The van der Waals surface area contributed by atoms with Crippen molar-refractivity contribution < 1.29 is 14.3 Å². The molecule has 1 aromatic heterocycles. The number of carbonyl (C=O) groups excluding carboxylic acids is 2. The van der Waals surface area contributed by atoms with E-state index in [2.05, 4.69) is 10.6 Å². The minimum atomic E-state index is -0.223. The second-order valence-electron chi connectivity index (χ2n) is 5.84. The topological polar surface area (TPSA) is 67.4 Å². The molecular weight excluding hydrogens is 360 g/mol. The van der Waals surface area contributed by atoms with Crippen molar-refractivity contribution in [1.82, 2.24) is 0 Å². The van der Waals surface area contributed by atoms with Gasteiger partial charge in [0.15, 0.2) is 0 Å². The molecule has 0 aliphatic rings. The normalized spacial score (nSPS) is 10.3. The van der Waals surface area contributed by atoms with E-state index in [4.69, 9.17) is 4.74 Å². The van der Waals surface area contributed by atoms with E-state index in [1.807, 2.05) is 18.4 Å². The summed E-state index contributed by atoms with van der Waals surface area (Å²) >= 11 is 1.38. The highest BCUT2D eigenvalue weighted by atomic mass is 32.1. The van der Waals surface area contributed by atoms with Crippen molar-refractivity contribution in [3.8, 4) is 5.75 Å². The smallest absolute Gasteiger partial charge is 0.265 e. The molecule has 0 unspecified atom stereocenters. The predicted molar refractivity (Wildman–Crippen MR) is 109 cm³/mol. The number of hydrogen-bond donors (Lipinski definition) is 2. The number of hydrogen-bond acceptors (Lipinski definition) is 4. The van der Waals surface area contributed by atoms with Gasteiger partial charge in [-0.1, -0.05) is 19.1 Å². The molecule has 0 saturated heterocycles. The van der Waals surface area contributed by atoms with E-state index in [0.717, 1.165) is 12.2 Å². The average Bonchev–Trinajstić information content (AvgIpc) is 3.22. The van der Waals surface area contributed by atoms with E-state index in [9.17, 15) is 9.59 Å². The Kier molecular flexibility index (Phi) is 6.22. The van der Waals surface area contributed by atoms with Crippen LogP contribution in [0.25, 0.3) is 0 Å². The molecule has 27 heavy (non-hydrogen) atoms. The summed E-state index contributed by atoms with van der Waals surface area (Å²) in [5, 5.41) is 7.52. The van der Waals surface area contributed by atoms with Crippen LogP contribution < -0.4 is 15.4 Å². The third-order valence-electron chi connectivity index (χ3n) is 3.71. The molecule has 3 aromatic rings. The molecule has 0 radical (unpaired) electrons. The number of carbonyl (C=O) groups is 2. The Labute approximate surface area is 162 Å². The third kappa shape index (κ3) is 5.18. The standard InChI is InChI=1S/C21H20N2O3S/c1-2-12-26-18-10-8-15(9-11-18)20(24)22-16-5-3-6-17(14-16)23-21(25)19-7-4-13-27-19/h3-11,13-14H,2,12H2,1H3,(H,22,24)(H,23,25). The first-order valence-electron chi connectivity index (χ1n) is 8.65. The van der Waals surface area contributed by atoms with Crippen molar-refractivity contribution in [2.45, 2.75) is 13.3 Å². The Balaban J connectivity index is 1.63. The lowest BCUT2D eigenvalue weighted by atomic mass is 10.2. The summed E-state index contributed by atoms with van der Waals surface area (Å²) in [6.07, 6.45) is 0.932. The molecule has 138 valence electrons. The van der Waals surface area contributed by atoms with Gasteiger partial charge in [-0.3, -0.25) is 9.59 Å². The molecular formula is C21H20N2O3S. The van der Waals surface area contributed by atoms with Gasteiger partial charge in [-0.2, -0.15) is 0 Å². The fraction of sp³-hybridized carbons (Fsp3) is 0.143. The molecule has 0 aliphatic heterocycles. The van der Waals surface area contributed by atoms with Crippen LogP contribution in [0.1, 0.15) is 33.4 Å². The van der Waals surface area contributed by atoms with Gasteiger partial charge in [0.25, 0.3) is 11.8 Å². The Hall–Kier alpha value is -3.12. The SMILES string of the molecule is CCCOc1ccc(C(=O)Nc2cccc(NC(=O)c3cccs3)c2)cc1. The average molecular weight is 380 g/mol. The zero-order chi connectivity index (χ0) is 19.1. The van der Waals surface area contributed by atoms with Crippen molar-refractivity contribution in [2.75, 3.05) is 17.2 Å². The van der Waals surface area contributed by atoms with E-state index < -0.39 is 0 Å². The first-order valence-corrected chi connectivity index (χ1v) is 9.53. The molecule has 0 atom stereocenters. The highest BCUT2D eigenvalue weighted by molar-refractivity contribution is 7.12. The molecule has 2 aromatic carbocycles. The van der Waals surface area contributed by atoms with Crippen LogP contribution in [-0.2, 0) is 0 Å². The maximum absolute atomic E-state index is 12.4. The van der Waals surface area contributed by atoms with Gasteiger partial charge in [0, 0.05) is 16.9 Å². The summed E-state index contributed by atoms with van der Waals surface area (Å²) in [6.45, 7) is 2.69. The molecule has 5 nitrogen and oxygen atoms in total. The number of rotatable bonds is 7. The summed E-state index contributed by atoms with van der Waals surface area (Å²) in [5.74, 6) is 0.349. The van der Waals surface area contributed by atoms with Crippen LogP contribution in [0.5, 0.6) is 5.75 Å².